The Morgan fingerprint density at radius 3 is 1.77 bits per heavy atom. The number of thiol groups is 2. The number of rotatable bonds is 33. The zero-order valence-corrected chi connectivity index (χ0v) is 40.4. The summed E-state index contributed by atoms with van der Waals surface area (Å²) in [6.07, 6.45) is 1.56. The first-order chi connectivity index (χ1) is 32.4. The quantitative estimate of drug-likeness (QED) is 0.0135. The smallest absolute Gasteiger partial charge is 0.326 e. The van der Waals surface area contributed by atoms with Crippen LogP contribution in [0.4, 0.5) is 0 Å². The molecule has 0 spiro atoms. The Morgan fingerprint density at radius 2 is 1.23 bits per heavy atom. The Morgan fingerprint density at radius 1 is 0.696 bits per heavy atom. The Kier molecular flexibility index (Phi) is 28.0. The number of unbranched alkanes of at least 4 members (excludes halogenated alkanes) is 1. The summed E-state index contributed by atoms with van der Waals surface area (Å²) >= 11 is 8.25. The number of carbonyl (C=O) groups excluding carboxylic acids is 9. The molecule has 1 rings (SSSR count). The summed E-state index contributed by atoms with van der Waals surface area (Å²) < 4.78 is 0. The van der Waals surface area contributed by atoms with E-state index in [1.165, 1.54) is 26.4 Å². The van der Waals surface area contributed by atoms with E-state index >= 15 is 0 Å². The van der Waals surface area contributed by atoms with Crippen molar-refractivity contribution in [3.63, 3.8) is 0 Å². The van der Waals surface area contributed by atoms with Gasteiger partial charge in [-0.05, 0) is 51.5 Å². The fraction of sp³-hybridized carbons (Fsp3) is 0.641. The van der Waals surface area contributed by atoms with E-state index in [9.17, 15) is 58.2 Å². The van der Waals surface area contributed by atoms with Crippen LogP contribution >= 0.6 is 25.3 Å². The molecule has 21 N–H and O–H groups in total. The van der Waals surface area contributed by atoms with Crippen molar-refractivity contribution in [2.75, 3.05) is 31.1 Å². The Hall–Kier alpha value is -6.24. The van der Waals surface area contributed by atoms with Gasteiger partial charge in [-0.1, -0.05) is 13.8 Å². The molecule has 9 amide bonds. The number of imidazole rings is 1. The van der Waals surface area contributed by atoms with E-state index in [0.717, 1.165) is 6.92 Å². The highest BCUT2D eigenvalue weighted by atomic mass is 32.1. The lowest BCUT2D eigenvalue weighted by molar-refractivity contribution is -0.142. The third-order valence-corrected chi connectivity index (χ3v) is 10.6. The van der Waals surface area contributed by atoms with E-state index < -0.39 is 132 Å². The summed E-state index contributed by atoms with van der Waals surface area (Å²) in [4.78, 5) is 140. The van der Waals surface area contributed by atoms with Crippen molar-refractivity contribution in [2.45, 2.75) is 120 Å². The predicted molar refractivity (Wildman–Crippen MR) is 255 cm³/mol. The molecule has 1 aromatic heterocycles. The Bertz CT molecular complexity index is 1920. The minimum absolute atomic E-state index is 0.0563. The van der Waals surface area contributed by atoms with Gasteiger partial charge in [0, 0.05) is 36.4 Å². The van der Waals surface area contributed by atoms with Crippen LogP contribution in [-0.2, 0) is 54.4 Å². The molecule has 28 nitrogen and oxygen atoms in total. The highest BCUT2D eigenvalue weighted by molar-refractivity contribution is 7.80. The number of aromatic amines is 1. The fourth-order valence-electron chi connectivity index (χ4n) is 6.10. The molecule has 0 unspecified atom stereocenters. The second kappa shape index (κ2) is 31.7. The molecule has 0 aliphatic heterocycles. The van der Waals surface area contributed by atoms with Crippen molar-refractivity contribution in [2.24, 2.45) is 39.6 Å². The number of nitrogens with two attached hydrogens (primary N) is 5. The number of aromatic nitrogens is 2. The minimum Gasteiger partial charge on any atom is -0.480 e. The molecule has 0 fully saturated rings. The van der Waals surface area contributed by atoms with E-state index in [1.54, 1.807) is 0 Å². The number of aliphatic carboxylic acids is 1. The SMILES string of the molecule is CC(C)[C@H](NC(=O)[C@H](CC(N)=O)NC(=O)[C@@H](NC(=O)CNC(=O)[C@H](CS)NC(=O)[C@@H](N)Cc1cnc[nH]1)[C@@H](C)O)C(=O)N[C@@H](CS)C(=O)N[C@@H](CCCN=C(N)N)C(=O)N[C@@H](CCCCN)C(=O)O. The molecule has 9 atom stereocenters. The number of H-pyrrole nitrogens is 1. The number of carboxylic acid groups (broad SMARTS) is 1. The molecule has 0 radical (unpaired) electrons. The maximum Gasteiger partial charge on any atom is 0.326 e. The van der Waals surface area contributed by atoms with Crippen molar-refractivity contribution in [3.8, 4) is 0 Å². The zero-order valence-electron chi connectivity index (χ0n) is 38.6. The lowest BCUT2D eigenvalue weighted by Gasteiger charge is -2.28. The summed E-state index contributed by atoms with van der Waals surface area (Å²) in [5, 5.41) is 39.0. The second-order valence-corrected chi connectivity index (χ2v) is 16.8. The number of hydrogen-bond acceptors (Lipinski definition) is 17. The first-order valence-corrected chi connectivity index (χ1v) is 23.0. The maximum atomic E-state index is 13.7. The maximum absolute atomic E-state index is 13.7. The average Bonchev–Trinajstić information content (AvgIpc) is 3.79. The van der Waals surface area contributed by atoms with Crippen molar-refractivity contribution in [3.05, 3.63) is 18.2 Å². The van der Waals surface area contributed by atoms with Gasteiger partial charge in [0.2, 0.25) is 53.2 Å². The van der Waals surface area contributed by atoms with E-state index in [2.05, 4.69) is 82.8 Å². The van der Waals surface area contributed by atoms with Crippen LogP contribution in [0.1, 0.15) is 65.0 Å². The summed E-state index contributed by atoms with van der Waals surface area (Å²) in [6.45, 7) is 3.77. The number of aliphatic imine (C=N–C) groups is 1. The third kappa shape index (κ3) is 23.1. The van der Waals surface area contributed by atoms with E-state index in [0.29, 0.717) is 25.1 Å². The number of guanidine groups is 1. The standard InChI is InChI=1S/C39H68N16O12S2/c1-18(2)29(36(64)53-26(16-69)35(63)49-22(8-6-10-46-39(43)44)33(61)50-23(38(66)67)7-4-5-9-40)55-34(62)24(12-27(42)57)51-37(65)30(19(3)56)54-28(58)14-47-32(60)25(15-68)52-31(59)21(41)11-20-13-45-17-48-20/h13,17-19,21-26,29-30,56,68-69H,4-12,14-16,40-41H2,1-3H3,(H2,42,57)(H,45,48)(H,47,60)(H,49,63)(H,50,61)(H,51,65)(H,52,59)(H,53,64)(H,54,58)(H,55,62)(H,66,67)(H4,43,44,46)/t19-,21+,22+,23+,24+,25+,26+,29+,30+/m1/s1. The molecular weight excluding hydrogens is 949 g/mol. The molecule has 0 saturated carbocycles. The molecule has 30 heteroatoms. The minimum atomic E-state index is -1.78. The largest absolute Gasteiger partial charge is 0.480 e. The van der Waals surface area contributed by atoms with Crippen LogP contribution in [0.3, 0.4) is 0 Å². The molecule has 388 valence electrons. The molecule has 1 heterocycles. The van der Waals surface area contributed by atoms with Gasteiger partial charge in [-0.15, -0.1) is 0 Å². The monoisotopic (exact) mass is 1020 g/mol. The van der Waals surface area contributed by atoms with Gasteiger partial charge in [0.25, 0.3) is 0 Å². The molecule has 0 bridgehead atoms. The summed E-state index contributed by atoms with van der Waals surface area (Å²) in [7, 11) is 0. The molecule has 0 aromatic carbocycles. The van der Waals surface area contributed by atoms with E-state index in [4.69, 9.17) is 28.7 Å². The first kappa shape index (κ1) is 60.8. The normalized spacial score (nSPS) is 14.9. The number of carboxylic acids is 1. The summed E-state index contributed by atoms with van der Waals surface area (Å²) in [6, 6.07) is -11.4. The molecule has 0 aliphatic rings. The van der Waals surface area contributed by atoms with Gasteiger partial charge in [-0.2, -0.15) is 25.3 Å². The number of amides is 9. The predicted octanol–water partition coefficient (Wildman–Crippen LogP) is -7.17. The van der Waals surface area contributed by atoms with Crippen molar-refractivity contribution < 1.29 is 58.2 Å². The van der Waals surface area contributed by atoms with Crippen molar-refractivity contribution in [1.82, 2.24) is 52.5 Å². The Balaban J connectivity index is 3.10. The molecular formula is C39H68N16O12S2. The number of carbonyl (C=O) groups is 10. The van der Waals surface area contributed by atoms with Gasteiger partial charge in [0.15, 0.2) is 5.96 Å². The third-order valence-electron chi connectivity index (χ3n) is 9.89. The van der Waals surface area contributed by atoms with Crippen LogP contribution in [0.15, 0.2) is 17.5 Å². The molecule has 1 aromatic rings. The van der Waals surface area contributed by atoms with Crippen LogP contribution in [0.25, 0.3) is 0 Å². The fourth-order valence-corrected chi connectivity index (χ4v) is 6.62. The van der Waals surface area contributed by atoms with Crippen LogP contribution < -0.4 is 71.2 Å². The molecule has 0 aliphatic carbocycles. The van der Waals surface area contributed by atoms with Crippen LogP contribution in [0.5, 0.6) is 0 Å². The van der Waals surface area contributed by atoms with Gasteiger partial charge in [-0.3, -0.25) is 48.1 Å². The topological polar surface area (TPSA) is 479 Å². The number of aliphatic hydroxyl groups is 1. The van der Waals surface area contributed by atoms with E-state index in [-0.39, 0.29) is 49.7 Å². The molecule has 69 heavy (non-hydrogen) atoms. The van der Waals surface area contributed by atoms with E-state index in [1.807, 2.05) is 0 Å². The van der Waals surface area contributed by atoms with Gasteiger partial charge in [0.05, 0.1) is 31.4 Å². The van der Waals surface area contributed by atoms with Crippen molar-refractivity contribution in [1.29, 1.82) is 0 Å². The zero-order chi connectivity index (χ0) is 52.4. The Labute approximate surface area is 409 Å². The second-order valence-electron chi connectivity index (χ2n) is 16.0. The summed E-state index contributed by atoms with van der Waals surface area (Å²) in [5.41, 5.74) is 28.1. The van der Waals surface area contributed by atoms with Gasteiger partial charge < -0.3 is 86.4 Å². The van der Waals surface area contributed by atoms with Gasteiger partial charge >= 0.3 is 5.97 Å². The highest BCUT2D eigenvalue weighted by Gasteiger charge is 2.35. The van der Waals surface area contributed by atoms with Crippen LogP contribution in [-0.4, -0.2) is 171 Å². The lowest BCUT2D eigenvalue weighted by Crippen LogP contribution is -2.62. The first-order valence-electron chi connectivity index (χ1n) is 21.7. The number of nitrogens with one attached hydrogen (secondary N) is 9. The summed E-state index contributed by atoms with van der Waals surface area (Å²) in [5.74, 6) is -11.4. The molecule has 0 saturated heterocycles. The number of hydrogen-bond donors (Lipinski definition) is 18. The van der Waals surface area contributed by atoms with Gasteiger partial charge in [0.1, 0.15) is 42.3 Å². The van der Waals surface area contributed by atoms with Crippen LogP contribution in [0, 0.1) is 5.92 Å². The van der Waals surface area contributed by atoms with Crippen molar-refractivity contribution >= 4 is 90.4 Å². The average molecular weight is 1020 g/mol. The van der Waals surface area contributed by atoms with Crippen LogP contribution in [0.2, 0.25) is 0 Å². The highest BCUT2D eigenvalue weighted by Crippen LogP contribution is 2.09. The number of primary amides is 1. The number of aliphatic hydroxyl groups excluding tert-OH is 1. The van der Waals surface area contributed by atoms with Gasteiger partial charge in [-0.25, -0.2) is 9.78 Å². The number of nitrogens with zero attached hydrogens (tertiary/aromatic N) is 2. The lowest BCUT2D eigenvalue weighted by atomic mass is 10.0.